The van der Waals surface area contributed by atoms with Gasteiger partial charge in [0.25, 0.3) is 0 Å². The molecule has 0 atom stereocenters. The zero-order chi connectivity index (χ0) is 17.9. The molecule has 7 nitrogen and oxygen atoms in total. The number of carbonyl (C=O) groups is 1. The van der Waals surface area contributed by atoms with E-state index in [1.54, 1.807) is 31.5 Å². The van der Waals surface area contributed by atoms with Crippen molar-refractivity contribution in [3.8, 4) is 0 Å². The second-order valence-electron chi connectivity index (χ2n) is 5.57. The molecule has 2 aromatic rings. The first kappa shape index (κ1) is 21.9. The fourth-order valence-corrected chi connectivity index (χ4v) is 2.23. The molecule has 2 N–H and O–H groups in total. The highest BCUT2D eigenvalue weighted by molar-refractivity contribution is 14.0. The monoisotopic (exact) mass is 471 g/mol. The fraction of sp³-hybridized carbons (Fsp3) is 0.389. The fourth-order valence-electron chi connectivity index (χ4n) is 2.23. The van der Waals surface area contributed by atoms with E-state index in [0.29, 0.717) is 19.0 Å². The number of aliphatic imine (C=N–C) groups is 1. The minimum atomic E-state index is 0. The average Bonchev–Trinajstić information content (AvgIpc) is 3.16. The van der Waals surface area contributed by atoms with Gasteiger partial charge in [0, 0.05) is 51.9 Å². The van der Waals surface area contributed by atoms with Crippen LogP contribution in [0.4, 0.5) is 0 Å². The number of nitrogens with zero attached hydrogens (tertiary/aromatic N) is 3. The second kappa shape index (κ2) is 12.3. The van der Waals surface area contributed by atoms with Crippen molar-refractivity contribution in [2.45, 2.75) is 12.8 Å². The summed E-state index contributed by atoms with van der Waals surface area (Å²) in [6.07, 6.45) is 4.91. The van der Waals surface area contributed by atoms with Crippen LogP contribution in [-0.2, 0) is 17.6 Å². The summed E-state index contributed by atoms with van der Waals surface area (Å²) in [6, 6.07) is 9.58. The molecular formula is C18H26IN5O2. The molecule has 2 heterocycles. The third-order valence-electron chi connectivity index (χ3n) is 3.73. The van der Waals surface area contributed by atoms with Crippen LogP contribution in [0.2, 0.25) is 0 Å². The molecule has 142 valence electrons. The van der Waals surface area contributed by atoms with E-state index in [1.807, 2.05) is 30.3 Å². The molecule has 2 aromatic heterocycles. The van der Waals surface area contributed by atoms with Crippen LogP contribution in [0.3, 0.4) is 0 Å². The van der Waals surface area contributed by atoms with Gasteiger partial charge in [-0.05, 0) is 24.3 Å². The highest BCUT2D eigenvalue weighted by Gasteiger charge is 2.10. The Morgan fingerprint density at radius 1 is 1.23 bits per heavy atom. The second-order valence-corrected chi connectivity index (χ2v) is 5.57. The van der Waals surface area contributed by atoms with E-state index in [-0.39, 0.29) is 36.4 Å². The summed E-state index contributed by atoms with van der Waals surface area (Å²) in [5, 5.41) is 6.19. The summed E-state index contributed by atoms with van der Waals surface area (Å²) < 4.78 is 5.28. The molecule has 0 saturated carbocycles. The summed E-state index contributed by atoms with van der Waals surface area (Å²) in [4.78, 5) is 22.3. The highest BCUT2D eigenvalue weighted by atomic mass is 127. The number of hydrogen-bond acceptors (Lipinski definition) is 4. The van der Waals surface area contributed by atoms with Gasteiger partial charge in [-0.25, -0.2) is 0 Å². The average molecular weight is 471 g/mol. The first-order chi connectivity index (χ1) is 12.2. The van der Waals surface area contributed by atoms with Crippen LogP contribution in [0.25, 0.3) is 0 Å². The third kappa shape index (κ3) is 7.85. The maximum atomic E-state index is 12.2. The van der Waals surface area contributed by atoms with Crippen LogP contribution in [0.5, 0.6) is 0 Å². The Labute approximate surface area is 171 Å². The van der Waals surface area contributed by atoms with Gasteiger partial charge in [0.15, 0.2) is 5.96 Å². The predicted octanol–water partition coefficient (Wildman–Crippen LogP) is 1.70. The lowest BCUT2D eigenvalue weighted by Gasteiger charge is -2.18. The van der Waals surface area contributed by atoms with Gasteiger partial charge in [-0.2, -0.15) is 0 Å². The quantitative estimate of drug-likeness (QED) is 0.348. The minimum Gasteiger partial charge on any atom is -0.469 e. The minimum absolute atomic E-state index is 0. The lowest BCUT2D eigenvalue weighted by atomic mass is 10.2. The van der Waals surface area contributed by atoms with Crippen LogP contribution in [0.15, 0.2) is 52.2 Å². The van der Waals surface area contributed by atoms with Crippen molar-refractivity contribution >= 4 is 35.8 Å². The van der Waals surface area contributed by atoms with Crippen molar-refractivity contribution in [3.05, 3.63) is 54.2 Å². The number of nitrogens with one attached hydrogen (secondary N) is 2. The number of likely N-dealkylation sites (N-methyl/N-ethyl adjacent to an activating group) is 1. The van der Waals surface area contributed by atoms with Gasteiger partial charge in [-0.3, -0.25) is 14.8 Å². The van der Waals surface area contributed by atoms with Crippen molar-refractivity contribution < 1.29 is 9.21 Å². The summed E-state index contributed by atoms with van der Waals surface area (Å²) in [7, 11) is 3.47. The van der Waals surface area contributed by atoms with Crippen molar-refractivity contribution in [2.24, 2.45) is 4.99 Å². The molecule has 0 aliphatic carbocycles. The van der Waals surface area contributed by atoms with E-state index in [1.165, 1.54) is 0 Å². The Kier molecular flexibility index (Phi) is 10.4. The molecule has 1 amide bonds. The zero-order valence-electron chi connectivity index (χ0n) is 15.1. The van der Waals surface area contributed by atoms with Crippen molar-refractivity contribution in [3.63, 3.8) is 0 Å². The number of furan rings is 1. The Hall–Kier alpha value is -2.10. The molecule has 0 saturated heterocycles. The maximum absolute atomic E-state index is 12.2. The van der Waals surface area contributed by atoms with E-state index in [0.717, 1.165) is 24.3 Å². The number of rotatable bonds is 8. The topological polar surface area (TPSA) is 82.8 Å². The molecule has 0 aromatic carbocycles. The lowest BCUT2D eigenvalue weighted by Crippen LogP contribution is -2.44. The number of guanidine groups is 1. The Morgan fingerprint density at radius 3 is 2.73 bits per heavy atom. The van der Waals surface area contributed by atoms with Crippen LogP contribution >= 0.6 is 24.0 Å². The standard InChI is InChI=1S/C18H25N5O2.HI/c1-19-18(21-11-8-16-7-5-13-25-16)22-14-17(24)23(2)12-9-15-6-3-4-10-20-15;/h3-7,10,13H,8-9,11-12,14H2,1-2H3,(H2,19,21,22);1H. The smallest absolute Gasteiger partial charge is 0.241 e. The van der Waals surface area contributed by atoms with E-state index < -0.39 is 0 Å². The number of hydrogen-bond donors (Lipinski definition) is 2. The first-order valence-electron chi connectivity index (χ1n) is 8.30. The molecule has 2 rings (SSSR count). The first-order valence-corrected chi connectivity index (χ1v) is 8.30. The largest absolute Gasteiger partial charge is 0.469 e. The Morgan fingerprint density at radius 2 is 2.08 bits per heavy atom. The maximum Gasteiger partial charge on any atom is 0.241 e. The number of halogens is 1. The molecule has 26 heavy (non-hydrogen) atoms. The molecular weight excluding hydrogens is 445 g/mol. The summed E-state index contributed by atoms with van der Waals surface area (Å²) in [5.74, 6) is 1.51. The van der Waals surface area contributed by atoms with Crippen LogP contribution in [0, 0.1) is 0 Å². The Balaban J connectivity index is 0.00000338. The van der Waals surface area contributed by atoms with Crippen molar-refractivity contribution in [2.75, 3.05) is 33.7 Å². The molecule has 0 unspecified atom stereocenters. The number of aromatic nitrogens is 1. The lowest BCUT2D eigenvalue weighted by molar-refractivity contribution is -0.128. The van der Waals surface area contributed by atoms with Crippen molar-refractivity contribution in [1.82, 2.24) is 20.5 Å². The van der Waals surface area contributed by atoms with Crippen LogP contribution < -0.4 is 10.6 Å². The highest BCUT2D eigenvalue weighted by Crippen LogP contribution is 1.99. The van der Waals surface area contributed by atoms with E-state index >= 15 is 0 Å². The SMILES string of the molecule is CN=C(NCCc1ccco1)NCC(=O)N(C)CCc1ccccn1.I. The van der Waals surface area contributed by atoms with Gasteiger partial charge in [-0.1, -0.05) is 6.07 Å². The van der Waals surface area contributed by atoms with Gasteiger partial charge < -0.3 is 20.0 Å². The summed E-state index contributed by atoms with van der Waals surface area (Å²) in [6.45, 7) is 1.50. The Bertz CT molecular complexity index is 661. The van der Waals surface area contributed by atoms with Gasteiger partial charge in [0.05, 0.1) is 12.8 Å². The normalized spacial score (nSPS) is 10.8. The van der Waals surface area contributed by atoms with E-state index in [9.17, 15) is 4.79 Å². The number of carbonyl (C=O) groups excluding carboxylic acids is 1. The molecule has 0 bridgehead atoms. The van der Waals surface area contributed by atoms with Gasteiger partial charge >= 0.3 is 0 Å². The van der Waals surface area contributed by atoms with Gasteiger partial charge in [-0.15, -0.1) is 24.0 Å². The summed E-state index contributed by atoms with van der Waals surface area (Å²) >= 11 is 0. The molecule has 0 aliphatic heterocycles. The molecule has 0 aliphatic rings. The molecule has 0 radical (unpaired) electrons. The van der Waals surface area contributed by atoms with Gasteiger partial charge in [0.2, 0.25) is 5.91 Å². The summed E-state index contributed by atoms with van der Waals surface area (Å²) in [5.41, 5.74) is 0.977. The molecule has 0 fully saturated rings. The van der Waals surface area contributed by atoms with E-state index in [2.05, 4.69) is 20.6 Å². The number of pyridine rings is 1. The van der Waals surface area contributed by atoms with Crippen LogP contribution in [-0.4, -0.2) is 55.5 Å². The third-order valence-corrected chi connectivity index (χ3v) is 3.73. The zero-order valence-corrected chi connectivity index (χ0v) is 17.5. The van der Waals surface area contributed by atoms with Gasteiger partial charge in [0.1, 0.15) is 5.76 Å². The number of amides is 1. The van der Waals surface area contributed by atoms with Crippen molar-refractivity contribution in [1.29, 1.82) is 0 Å². The molecule has 0 spiro atoms. The molecule has 8 heteroatoms. The van der Waals surface area contributed by atoms with Crippen LogP contribution in [0.1, 0.15) is 11.5 Å². The predicted molar refractivity (Wildman–Crippen MR) is 113 cm³/mol. The van der Waals surface area contributed by atoms with E-state index in [4.69, 9.17) is 4.42 Å².